The Bertz CT molecular complexity index is 336. The van der Waals surface area contributed by atoms with Gasteiger partial charge in [-0.1, -0.05) is 10.2 Å². The van der Waals surface area contributed by atoms with Crippen molar-refractivity contribution in [3.05, 3.63) is 20.9 Å². The maximum absolute atomic E-state index is 10.9. The van der Waals surface area contributed by atoms with E-state index in [0.717, 1.165) is 0 Å². The van der Waals surface area contributed by atoms with Gasteiger partial charge in [0.15, 0.2) is 0 Å². The topological polar surface area (TPSA) is 161 Å². The molecule has 0 aliphatic carbocycles. The van der Waals surface area contributed by atoms with Crippen LogP contribution in [0.3, 0.4) is 0 Å². The highest BCUT2D eigenvalue weighted by molar-refractivity contribution is 5.90. The maximum atomic E-state index is 10.9. The minimum Gasteiger partial charge on any atom is -0.481 e. The fourth-order valence-electron chi connectivity index (χ4n) is 0.738. The number of carboxylic acids is 1. The molecule has 16 heavy (non-hydrogen) atoms. The fourth-order valence-corrected chi connectivity index (χ4v) is 0.738. The largest absolute Gasteiger partial charge is 0.481 e. The molecular formula is C6H8N6O4. The fraction of sp³-hybridized carbons (Fsp3) is 0.667. The predicted molar refractivity (Wildman–Crippen MR) is 50.2 cm³/mol. The highest BCUT2D eigenvalue weighted by Crippen LogP contribution is 1.98. The lowest BCUT2D eigenvalue weighted by molar-refractivity contribution is -0.154. The van der Waals surface area contributed by atoms with Crippen LogP contribution < -0.4 is 0 Å². The predicted octanol–water partition coefficient (Wildman–Crippen LogP) is 0.994. The molecule has 10 nitrogen and oxygen atoms in total. The van der Waals surface area contributed by atoms with Gasteiger partial charge in [0.2, 0.25) is 0 Å². The Morgan fingerprint density at radius 1 is 1.25 bits per heavy atom. The summed E-state index contributed by atoms with van der Waals surface area (Å²) in [7, 11) is 0. The second-order valence-corrected chi connectivity index (χ2v) is 2.51. The lowest BCUT2D eigenvalue weighted by Gasteiger charge is -2.12. The molecule has 0 saturated heterocycles. The van der Waals surface area contributed by atoms with Crippen molar-refractivity contribution < 1.29 is 19.4 Å². The Morgan fingerprint density at radius 3 is 2.12 bits per heavy atom. The van der Waals surface area contributed by atoms with Gasteiger partial charge in [0, 0.05) is 9.82 Å². The smallest absolute Gasteiger partial charge is 0.317 e. The van der Waals surface area contributed by atoms with Crippen molar-refractivity contribution in [2.75, 3.05) is 13.1 Å². The van der Waals surface area contributed by atoms with Crippen LogP contribution >= 0.6 is 0 Å². The molecule has 0 unspecified atom stereocenters. The van der Waals surface area contributed by atoms with E-state index in [0.29, 0.717) is 0 Å². The van der Waals surface area contributed by atoms with Gasteiger partial charge in [-0.3, -0.25) is 9.59 Å². The van der Waals surface area contributed by atoms with E-state index in [2.05, 4.69) is 24.8 Å². The average molecular weight is 228 g/mol. The van der Waals surface area contributed by atoms with Crippen molar-refractivity contribution in [3.8, 4) is 0 Å². The van der Waals surface area contributed by atoms with Crippen molar-refractivity contribution in [1.29, 1.82) is 0 Å². The molecule has 0 fully saturated rings. The molecule has 0 amide bonds. The number of aliphatic carboxylic acids is 1. The first kappa shape index (κ1) is 13.6. The number of carboxylic acid groups (broad SMARTS) is 1. The lowest BCUT2D eigenvalue weighted by Crippen LogP contribution is -2.25. The summed E-state index contributed by atoms with van der Waals surface area (Å²) in [5.41, 5.74) is 16.1. The normalized spacial score (nSPS) is 10.5. The van der Waals surface area contributed by atoms with Gasteiger partial charge in [0.05, 0.1) is 13.1 Å². The molecule has 0 aromatic rings. The van der Waals surface area contributed by atoms with E-state index < -0.39 is 24.5 Å². The zero-order valence-electron chi connectivity index (χ0n) is 8.05. The van der Waals surface area contributed by atoms with Crippen LogP contribution in [0.25, 0.3) is 20.9 Å². The first-order valence-electron chi connectivity index (χ1n) is 4.03. The lowest BCUT2D eigenvalue weighted by atomic mass is 10.3. The molecule has 0 saturated carbocycles. The van der Waals surface area contributed by atoms with Crippen LogP contribution in [0, 0.1) is 0 Å². The number of esters is 1. The molecule has 0 aliphatic heterocycles. The number of hydrogen-bond acceptors (Lipinski definition) is 5. The number of carbonyl (C=O) groups excluding carboxylic acids is 1. The van der Waals surface area contributed by atoms with Crippen LogP contribution in [0.4, 0.5) is 0 Å². The van der Waals surface area contributed by atoms with E-state index in [4.69, 9.17) is 16.2 Å². The second kappa shape index (κ2) is 7.92. The van der Waals surface area contributed by atoms with Crippen molar-refractivity contribution in [2.45, 2.75) is 12.5 Å². The third-order valence-corrected chi connectivity index (χ3v) is 1.29. The summed E-state index contributed by atoms with van der Waals surface area (Å²) in [5, 5.41) is 14.5. The van der Waals surface area contributed by atoms with Crippen LogP contribution in [-0.4, -0.2) is 36.2 Å². The summed E-state index contributed by atoms with van der Waals surface area (Å²) in [5.74, 6) is -2.32. The van der Waals surface area contributed by atoms with E-state index in [1.54, 1.807) is 0 Å². The van der Waals surface area contributed by atoms with E-state index in [9.17, 15) is 9.59 Å². The summed E-state index contributed by atoms with van der Waals surface area (Å²) < 4.78 is 4.62. The molecule has 0 aromatic heterocycles. The van der Waals surface area contributed by atoms with Gasteiger partial charge in [-0.2, -0.15) is 0 Å². The van der Waals surface area contributed by atoms with Crippen molar-refractivity contribution in [3.63, 3.8) is 0 Å². The van der Waals surface area contributed by atoms with E-state index in [1.807, 2.05) is 0 Å². The van der Waals surface area contributed by atoms with Gasteiger partial charge in [-0.05, 0) is 11.1 Å². The molecule has 10 heteroatoms. The van der Waals surface area contributed by atoms with Gasteiger partial charge < -0.3 is 9.84 Å². The van der Waals surface area contributed by atoms with Gasteiger partial charge in [-0.25, -0.2) is 0 Å². The standard InChI is InChI=1S/C6H8N6O4/c7-11-9-2-4(3-10-12-8)16-6(15)1-5(13)14/h4H,1-3H2,(H,13,14). The molecule has 0 aromatic carbocycles. The van der Waals surface area contributed by atoms with Crippen molar-refractivity contribution in [1.82, 2.24) is 0 Å². The monoisotopic (exact) mass is 228 g/mol. The molecule has 0 bridgehead atoms. The molecule has 0 aliphatic rings. The van der Waals surface area contributed by atoms with Gasteiger partial charge in [0.1, 0.15) is 12.5 Å². The molecule has 86 valence electrons. The van der Waals surface area contributed by atoms with Gasteiger partial charge >= 0.3 is 11.9 Å². The molecule has 0 spiro atoms. The van der Waals surface area contributed by atoms with Crippen LogP contribution in [-0.2, 0) is 14.3 Å². The molecule has 1 N–H and O–H groups in total. The zero-order chi connectivity index (χ0) is 12.4. The Hall–Kier alpha value is -2.44. The first-order valence-corrected chi connectivity index (χ1v) is 4.03. The van der Waals surface area contributed by atoms with Crippen molar-refractivity contribution >= 4 is 11.9 Å². The van der Waals surface area contributed by atoms with Gasteiger partial charge in [0.25, 0.3) is 0 Å². The van der Waals surface area contributed by atoms with E-state index in [-0.39, 0.29) is 13.1 Å². The Labute approximate surface area is 89.1 Å². The maximum Gasteiger partial charge on any atom is 0.317 e. The zero-order valence-corrected chi connectivity index (χ0v) is 8.05. The third-order valence-electron chi connectivity index (χ3n) is 1.29. The molecule has 0 heterocycles. The van der Waals surface area contributed by atoms with Crippen LogP contribution in [0.5, 0.6) is 0 Å². The number of azide groups is 2. The quantitative estimate of drug-likeness (QED) is 0.226. The summed E-state index contributed by atoms with van der Waals surface area (Å²) >= 11 is 0. The Kier molecular flexibility index (Phi) is 6.71. The Balaban J connectivity index is 4.28. The minimum absolute atomic E-state index is 0.221. The number of rotatable bonds is 7. The molecular weight excluding hydrogens is 220 g/mol. The summed E-state index contributed by atoms with van der Waals surface area (Å²) in [6, 6.07) is 0. The first-order chi connectivity index (χ1) is 7.60. The van der Waals surface area contributed by atoms with E-state index >= 15 is 0 Å². The van der Waals surface area contributed by atoms with Crippen LogP contribution in [0.2, 0.25) is 0 Å². The highest BCUT2D eigenvalue weighted by Gasteiger charge is 2.15. The van der Waals surface area contributed by atoms with Gasteiger partial charge in [-0.15, -0.1) is 0 Å². The SMILES string of the molecule is [N-]=[N+]=NCC(CN=[N+]=[N-])OC(=O)CC(=O)O. The highest BCUT2D eigenvalue weighted by atomic mass is 16.5. The number of hydrogen-bond donors (Lipinski definition) is 1. The Morgan fingerprint density at radius 2 is 1.75 bits per heavy atom. The van der Waals surface area contributed by atoms with Crippen LogP contribution in [0.1, 0.15) is 6.42 Å². The number of nitrogens with zero attached hydrogens (tertiary/aromatic N) is 6. The third kappa shape index (κ3) is 7.01. The summed E-state index contributed by atoms with van der Waals surface area (Å²) in [6.45, 7) is -0.443. The average Bonchev–Trinajstić information content (AvgIpc) is 2.20. The number of ether oxygens (including phenoxy) is 1. The summed E-state index contributed by atoms with van der Waals surface area (Å²) in [6.07, 6.45) is -1.75. The molecule has 0 rings (SSSR count). The second-order valence-electron chi connectivity index (χ2n) is 2.51. The minimum atomic E-state index is -1.34. The van der Waals surface area contributed by atoms with Crippen LogP contribution in [0.15, 0.2) is 10.2 Å². The summed E-state index contributed by atoms with van der Waals surface area (Å²) in [4.78, 5) is 25.9. The molecule has 0 radical (unpaired) electrons. The molecule has 0 atom stereocenters. The van der Waals surface area contributed by atoms with Crippen molar-refractivity contribution in [2.24, 2.45) is 10.2 Å². The number of carbonyl (C=O) groups is 2. The van der Waals surface area contributed by atoms with E-state index in [1.165, 1.54) is 0 Å².